The molecule has 0 unspecified atom stereocenters. The number of methoxy groups -OCH3 is 2. The van der Waals surface area contributed by atoms with Crippen LogP contribution in [0.5, 0.6) is 5.75 Å². The molecule has 23 heavy (non-hydrogen) atoms. The summed E-state index contributed by atoms with van der Waals surface area (Å²) in [5, 5.41) is 3.33. The normalized spacial score (nSPS) is 14.2. The second-order valence-corrected chi connectivity index (χ2v) is 5.12. The zero-order valence-electron chi connectivity index (χ0n) is 13.8. The van der Waals surface area contributed by atoms with Crippen LogP contribution >= 0.6 is 24.0 Å². The number of likely N-dealkylation sites (tertiary alicyclic amines) is 1. The number of guanidine groups is 1. The van der Waals surface area contributed by atoms with E-state index < -0.39 is 5.97 Å². The number of hydrogen-bond donors (Lipinski definition) is 1. The van der Waals surface area contributed by atoms with Crippen molar-refractivity contribution in [2.45, 2.75) is 19.4 Å². The highest BCUT2D eigenvalue weighted by atomic mass is 127. The Morgan fingerprint density at radius 2 is 2.00 bits per heavy atom. The molecule has 1 aliphatic heterocycles. The molecular weight excluding hydrogens is 409 g/mol. The van der Waals surface area contributed by atoms with E-state index >= 15 is 0 Å². The summed E-state index contributed by atoms with van der Waals surface area (Å²) in [5.74, 6) is 1.01. The largest absolute Gasteiger partial charge is 0.496 e. The predicted octanol–water partition coefficient (Wildman–Crippen LogP) is 2.27. The van der Waals surface area contributed by atoms with E-state index in [-0.39, 0.29) is 24.0 Å². The Hall–Kier alpha value is -1.51. The molecule has 0 aliphatic carbocycles. The third kappa shape index (κ3) is 4.98. The zero-order chi connectivity index (χ0) is 15.9. The van der Waals surface area contributed by atoms with E-state index in [4.69, 9.17) is 9.47 Å². The minimum atomic E-state index is -0.400. The first-order valence-corrected chi connectivity index (χ1v) is 7.40. The van der Waals surface area contributed by atoms with Crippen LogP contribution in [-0.2, 0) is 11.3 Å². The minimum Gasteiger partial charge on any atom is -0.496 e. The maximum atomic E-state index is 11.8. The number of carbonyl (C=O) groups excluding carboxylic acids is 1. The van der Waals surface area contributed by atoms with Crippen molar-refractivity contribution >= 4 is 35.9 Å². The van der Waals surface area contributed by atoms with E-state index in [1.54, 1.807) is 19.2 Å². The van der Waals surface area contributed by atoms with Crippen LogP contribution in [0.1, 0.15) is 28.8 Å². The van der Waals surface area contributed by atoms with Gasteiger partial charge >= 0.3 is 5.97 Å². The van der Waals surface area contributed by atoms with Crippen LogP contribution in [-0.4, -0.2) is 51.2 Å². The van der Waals surface area contributed by atoms with Crippen LogP contribution in [0.4, 0.5) is 0 Å². The van der Waals surface area contributed by atoms with E-state index in [1.807, 2.05) is 6.07 Å². The van der Waals surface area contributed by atoms with Crippen molar-refractivity contribution in [1.29, 1.82) is 0 Å². The molecule has 0 spiro atoms. The number of benzene rings is 1. The lowest BCUT2D eigenvalue weighted by Crippen LogP contribution is -2.39. The van der Waals surface area contributed by atoms with Crippen molar-refractivity contribution in [2.75, 3.05) is 34.4 Å². The number of nitrogens with zero attached hydrogens (tertiary/aromatic N) is 2. The number of carbonyl (C=O) groups is 1. The molecule has 1 N–H and O–H groups in total. The zero-order valence-corrected chi connectivity index (χ0v) is 16.1. The van der Waals surface area contributed by atoms with E-state index in [0.717, 1.165) is 24.6 Å². The average molecular weight is 433 g/mol. The molecule has 1 heterocycles. The maximum absolute atomic E-state index is 11.8. The lowest BCUT2D eigenvalue weighted by Gasteiger charge is -2.21. The Kier molecular flexibility index (Phi) is 8.15. The molecule has 0 atom stereocenters. The Bertz CT molecular complexity index is 558. The number of nitrogens with one attached hydrogen (secondary N) is 1. The molecule has 0 aromatic heterocycles. The average Bonchev–Trinajstić information content (AvgIpc) is 3.09. The molecule has 2 rings (SSSR count). The Morgan fingerprint density at radius 1 is 1.30 bits per heavy atom. The summed E-state index contributed by atoms with van der Waals surface area (Å²) < 4.78 is 9.99. The summed E-state index contributed by atoms with van der Waals surface area (Å²) in [6.07, 6.45) is 2.41. The Labute approximate surface area is 154 Å². The summed E-state index contributed by atoms with van der Waals surface area (Å²) >= 11 is 0. The van der Waals surface area contributed by atoms with Crippen molar-refractivity contribution < 1.29 is 14.3 Å². The molecule has 128 valence electrons. The standard InChI is InChI=1S/C16H23N3O3.HI/c1-17-16(19-8-4-5-9-19)18-11-12-6-7-14(21-2)13(10-12)15(20)22-3;/h6-7,10H,4-5,8-9,11H2,1-3H3,(H,17,18);1H. The summed E-state index contributed by atoms with van der Waals surface area (Å²) in [6, 6.07) is 5.49. The molecule has 7 heteroatoms. The van der Waals surface area contributed by atoms with Gasteiger partial charge in [-0.1, -0.05) is 6.07 Å². The number of ether oxygens (including phenoxy) is 2. The first-order chi connectivity index (χ1) is 10.7. The highest BCUT2D eigenvalue weighted by Gasteiger charge is 2.16. The van der Waals surface area contributed by atoms with Gasteiger partial charge in [0.25, 0.3) is 0 Å². The summed E-state index contributed by atoms with van der Waals surface area (Å²) in [4.78, 5) is 18.3. The SMILES string of the molecule is CN=C(NCc1ccc(OC)c(C(=O)OC)c1)N1CCCC1.I. The molecule has 0 saturated carbocycles. The van der Waals surface area contributed by atoms with E-state index in [9.17, 15) is 4.79 Å². The number of hydrogen-bond acceptors (Lipinski definition) is 4. The topological polar surface area (TPSA) is 63.2 Å². The van der Waals surface area contributed by atoms with E-state index in [1.165, 1.54) is 27.1 Å². The number of aliphatic imine (C=N–C) groups is 1. The second kappa shape index (κ2) is 9.59. The van der Waals surface area contributed by atoms with Gasteiger partial charge in [0, 0.05) is 26.7 Å². The molecule has 0 bridgehead atoms. The van der Waals surface area contributed by atoms with Crippen molar-refractivity contribution in [1.82, 2.24) is 10.2 Å². The molecule has 6 nitrogen and oxygen atoms in total. The van der Waals surface area contributed by atoms with Gasteiger partial charge in [0.05, 0.1) is 14.2 Å². The van der Waals surface area contributed by atoms with Crippen molar-refractivity contribution in [3.63, 3.8) is 0 Å². The van der Waals surface area contributed by atoms with Gasteiger partial charge in [-0.2, -0.15) is 0 Å². The van der Waals surface area contributed by atoms with Gasteiger partial charge in [-0.15, -0.1) is 24.0 Å². The van der Waals surface area contributed by atoms with Gasteiger partial charge in [-0.25, -0.2) is 4.79 Å². The van der Waals surface area contributed by atoms with Gasteiger partial charge in [0.2, 0.25) is 0 Å². The maximum Gasteiger partial charge on any atom is 0.341 e. The predicted molar refractivity (Wildman–Crippen MR) is 101 cm³/mol. The lowest BCUT2D eigenvalue weighted by atomic mass is 10.1. The smallest absolute Gasteiger partial charge is 0.341 e. The fourth-order valence-electron chi connectivity index (χ4n) is 2.58. The van der Waals surface area contributed by atoms with Crippen molar-refractivity contribution in [2.24, 2.45) is 4.99 Å². The summed E-state index contributed by atoms with van der Waals surface area (Å²) in [6.45, 7) is 2.67. The first-order valence-electron chi connectivity index (χ1n) is 7.40. The highest BCUT2D eigenvalue weighted by molar-refractivity contribution is 14.0. The van der Waals surface area contributed by atoms with Crippen LogP contribution in [0.15, 0.2) is 23.2 Å². The molecule has 1 fully saturated rings. The van der Waals surface area contributed by atoms with Gasteiger partial charge in [0.1, 0.15) is 11.3 Å². The second-order valence-electron chi connectivity index (χ2n) is 5.12. The Balaban J connectivity index is 0.00000264. The Morgan fingerprint density at radius 3 is 2.57 bits per heavy atom. The fourth-order valence-corrected chi connectivity index (χ4v) is 2.58. The fraction of sp³-hybridized carbons (Fsp3) is 0.500. The molecule has 1 saturated heterocycles. The summed E-state index contributed by atoms with van der Waals surface area (Å²) in [7, 11) is 4.69. The van der Waals surface area contributed by atoms with Crippen molar-refractivity contribution in [3.8, 4) is 5.75 Å². The van der Waals surface area contributed by atoms with Crippen LogP contribution < -0.4 is 10.1 Å². The molecule has 1 aromatic carbocycles. The van der Waals surface area contributed by atoms with Crippen LogP contribution in [0, 0.1) is 0 Å². The first kappa shape index (κ1) is 19.5. The number of halogens is 1. The molecule has 1 aromatic rings. The van der Waals surface area contributed by atoms with E-state index in [2.05, 4.69) is 15.2 Å². The van der Waals surface area contributed by atoms with Crippen LogP contribution in [0.2, 0.25) is 0 Å². The van der Waals surface area contributed by atoms with Crippen LogP contribution in [0.3, 0.4) is 0 Å². The van der Waals surface area contributed by atoms with Crippen molar-refractivity contribution in [3.05, 3.63) is 29.3 Å². The number of rotatable bonds is 4. The van der Waals surface area contributed by atoms with Gasteiger partial charge in [0.15, 0.2) is 5.96 Å². The van der Waals surface area contributed by atoms with Gasteiger partial charge in [-0.3, -0.25) is 4.99 Å². The monoisotopic (exact) mass is 433 g/mol. The minimum absolute atomic E-state index is 0. The molecular formula is C16H24IN3O3. The van der Waals surface area contributed by atoms with Gasteiger partial charge < -0.3 is 19.7 Å². The molecule has 0 amide bonds. The lowest BCUT2D eigenvalue weighted by molar-refractivity contribution is 0.0597. The van der Waals surface area contributed by atoms with Gasteiger partial charge in [-0.05, 0) is 30.5 Å². The molecule has 0 radical (unpaired) electrons. The quantitative estimate of drug-likeness (QED) is 0.342. The third-order valence-electron chi connectivity index (χ3n) is 3.74. The third-order valence-corrected chi connectivity index (χ3v) is 3.74. The van der Waals surface area contributed by atoms with Crippen LogP contribution in [0.25, 0.3) is 0 Å². The summed E-state index contributed by atoms with van der Waals surface area (Å²) in [5.41, 5.74) is 1.40. The van der Waals surface area contributed by atoms with E-state index in [0.29, 0.717) is 17.9 Å². The number of esters is 1. The molecule has 1 aliphatic rings. The highest BCUT2D eigenvalue weighted by Crippen LogP contribution is 2.20.